The van der Waals surface area contributed by atoms with E-state index in [0.29, 0.717) is 5.82 Å². The zero-order chi connectivity index (χ0) is 13.2. The van der Waals surface area contributed by atoms with Crippen LogP contribution in [-0.2, 0) is 0 Å². The Bertz CT molecular complexity index is 551. The number of carbonyl (C=O) groups excluding carboxylic acids is 1. The van der Waals surface area contributed by atoms with Crippen molar-refractivity contribution in [1.29, 1.82) is 0 Å². The minimum absolute atomic E-state index is 0.106. The largest absolute Gasteiger partial charge is 0.347 e. The number of aromatic nitrogens is 2. The second-order valence-electron chi connectivity index (χ2n) is 5.15. The molecule has 0 bridgehead atoms. The van der Waals surface area contributed by atoms with Crippen molar-refractivity contribution in [3.63, 3.8) is 0 Å². The number of imidazole rings is 1. The predicted octanol–water partition coefficient (Wildman–Crippen LogP) is 1.39. The Kier molecular flexibility index (Phi) is 3.21. The van der Waals surface area contributed by atoms with E-state index >= 15 is 0 Å². The Labute approximate surface area is 112 Å². The maximum atomic E-state index is 12.1. The van der Waals surface area contributed by atoms with Crippen LogP contribution >= 0.6 is 0 Å². The average molecular weight is 258 g/mol. The third kappa shape index (κ3) is 2.61. The van der Waals surface area contributed by atoms with Crippen molar-refractivity contribution in [2.75, 3.05) is 20.1 Å². The number of benzene rings is 1. The number of carbonyl (C=O) groups is 1. The van der Waals surface area contributed by atoms with Gasteiger partial charge in [0, 0.05) is 6.04 Å². The molecule has 5 nitrogen and oxygen atoms in total. The first-order valence-electron chi connectivity index (χ1n) is 6.66. The SMILES string of the molecule is CN1CCC(NC(=O)c2nc3ccccc3[nH]2)CC1. The molecular weight excluding hydrogens is 240 g/mol. The summed E-state index contributed by atoms with van der Waals surface area (Å²) >= 11 is 0. The van der Waals surface area contributed by atoms with Crippen molar-refractivity contribution >= 4 is 16.9 Å². The van der Waals surface area contributed by atoms with Crippen LogP contribution in [0.1, 0.15) is 23.5 Å². The normalized spacial score (nSPS) is 17.7. The summed E-state index contributed by atoms with van der Waals surface area (Å²) < 4.78 is 0. The lowest BCUT2D eigenvalue weighted by Crippen LogP contribution is -2.43. The highest BCUT2D eigenvalue weighted by Crippen LogP contribution is 2.12. The van der Waals surface area contributed by atoms with Crippen LogP contribution in [-0.4, -0.2) is 47.0 Å². The van der Waals surface area contributed by atoms with Crippen molar-refractivity contribution in [2.24, 2.45) is 0 Å². The van der Waals surface area contributed by atoms with Crippen LogP contribution in [0.2, 0.25) is 0 Å². The van der Waals surface area contributed by atoms with Crippen molar-refractivity contribution in [1.82, 2.24) is 20.2 Å². The summed E-state index contributed by atoms with van der Waals surface area (Å²) in [6, 6.07) is 7.94. The van der Waals surface area contributed by atoms with Gasteiger partial charge in [-0.15, -0.1) is 0 Å². The highest BCUT2D eigenvalue weighted by Gasteiger charge is 2.20. The molecule has 0 unspecified atom stereocenters. The average Bonchev–Trinajstić information content (AvgIpc) is 2.85. The van der Waals surface area contributed by atoms with Gasteiger partial charge in [0.25, 0.3) is 5.91 Å². The first kappa shape index (κ1) is 12.2. The molecule has 1 aromatic carbocycles. The summed E-state index contributed by atoms with van der Waals surface area (Å²) in [4.78, 5) is 21.8. The van der Waals surface area contributed by atoms with E-state index in [-0.39, 0.29) is 11.9 Å². The second-order valence-corrected chi connectivity index (χ2v) is 5.15. The van der Waals surface area contributed by atoms with Crippen LogP contribution in [0.4, 0.5) is 0 Å². The first-order chi connectivity index (χ1) is 9.22. The molecule has 0 saturated carbocycles. The van der Waals surface area contributed by atoms with E-state index in [1.807, 2.05) is 24.3 Å². The topological polar surface area (TPSA) is 61.0 Å². The minimum atomic E-state index is -0.106. The van der Waals surface area contributed by atoms with Gasteiger partial charge in [-0.25, -0.2) is 4.98 Å². The van der Waals surface area contributed by atoms with Crippen LogP contribution in [0.3, 0.4) is 0 Å². The van der Waals surface area contributed by atoms with E-state index in [4.69, 9.17) is 0 Å². The number of likely N-dealkylation sites (tertiary alicyclic amines) is 1. The van der Waals surface area contributed by atoms with Crippen LogP contribution in [0, 0.1) is 0 Å². The number of aromatic amines is 1. The fourth-order valence-electron chi connectivity index (χ4n) is 2.47. The lowest BCUT2D eigenvalue weighted by atomic mass is 10.1. The molecule has 0 atom stereocenters. The Morgan fingerprint density at radius 1 is 1.37 bits per heavy atom. The summed E-state index contributed by atoms with van der Waals surface area (Å²) in [7, 11) is 2.11. The van der Waals surface area contributed by atoms with E-state index in [1.165, 1.54) is 0 Å². The summed E-state index contributed by atoms with van der Waals surface area (Å²) in [5.41, 5.74) is 1.73. The molecule has 5 heteroatoms. The summed E-state index contributed by atoms with van der Waals surface area (Å²) in [5, 5.41) is 3.06. The van der Waals surface area contributed by atoms with E-state index in [9.17, 15) is 4.79 Å². The third-order valence-electron chi connectivity index (χ3n) is 3.66. The van der Waals surface area contributed by atoms with Gasteiger partial charge in [0.2, 0.25) is 0 Å². The molecule has 0 radical (unpaired) electrons. The van der Waals surface area contributed by atoms with Gasteiger partial charge in [-0.05, 0) is 45.1 Å². The monoisotopic (exact) mass is 258 g/mol. The minimum Gasteiger partial charge on any atom is -0.347 e. The van der Waals surface area contributed by atoms with Gasteiger partial charge < -0.3 is 15.2 Å². The Balaban J connectivity index is 1.70. The van der Waals surface area contributed by atoms with Gasteiger partial charge in [0.05, 0.1) is 11.0 Å². The number of rotatable bonds is 2. The van der Waals surface area contributed by atoms with E-state index in [1.54, 1.807) is 0 Å². The van der Waals surface area contributed by atoms with Gasteiger partial charge in [0.1, 0.15) is 0 Å². The molecule has 1 aliphatic heterocycles. The number of hydrogen-bond acceptors (Lipinski definition) is 3. The summed E-state index contributed by atoms with van der Waals surface area (Å²) in [6.45, 7) is 2.07. The lowest BCUT2D eigenvalue weighted by molar-refractivity contribution is 0.0907. The molecule has 1 amide bonds. The van der Waals surface area contributed by atoms with Gasteiger partial charge >= 0.3 is 0 Å². The molecule has 3 rings (SSSR count). The highest BCUT2D eigenvalue weighted by molar-refractivity contribution is 5.94. The Morgan fingerprint density at radius 3 is 2.84 bits per heavy atom. The number of H-pyrrole nitrogens is 1. The zero-order valence-electron chi connectivity index (χ0n) is 11.0. The number of nitrogens with zero attached hydrogens (tertiary/aromatic N) is 2. The Hall–Kier alpha value is -1.88. The van der Waals surface area contributed by atoms with Crippen LogP contribution in [0.15, 0.2) is 24.3 Å². The van der Waals surface area contributed by atoms with Gasteiger partial charge in [-0.1, -0.05) is 12.1 Å². The molecule has 1 fully saturated rings. The summed E-state index contributed by atoms with van der Waals surface area (Å²) in [5.74, 6) is 0.297. The number of piperidine rings is 1. The van der Waals surface area contributed by atoms with E-state index in [0.717, 1.165) is 37.0 Å². The molecule has 1 aliphatic rings. The van der Waals surface area contributed by atoms with E-state index in [2.05, 4.69) is 27.2 Å². The third-order valence-corrected chi connectivity index (χ3v) is 3.66. The lowest BCUT2D eigenvalue weighted by Gasteiger charge is -2.29. The van der Waals surface area contributed by atoms with Crippen molar-refractivity contribution in [3.05, 3.63) is 30.1 Å². The molecule has 19 heavy (non-hydrogen) atoms. The Morgan fingerprint density at radius 2 is 2.11 bits per heavy atom. The first-order valence-corrected chi connectivity index (χ1v) is 6.66. The number of fused-ring (bicyclic) bond motifs is 1. The van der Waals surface area contributed by atoms with Crippen LogP contribution in [0.25, 0.3) is 11.0 Å². The van der Waals surface area contributed by atoms with Crippen LogP contribution < -0.4 is 5.32 Å². The zero-order valence-corrected chi connectivity index (χ0v) is 11.0. The quantitative estimate of drug-likeness (QED) is 0.855. The standard InChI is InChI=1S/C14H18N4O/c1-18-8-6-10(7-9-18)15-14(19)13-16-11-4-2-3-5-12(11)17-13/h2-5,10H,6-9H2,1H3,(H,15,19)(H,16,17). The molecule has 100 valence electrons. The second kappa shape index (κ2) is 5.01. The molecule has 2 aromatic rings. The highest BCUT2D eigenvalue weighted by atomic mass is 16.2. The van der Waals surface area contributed by atoms with Gasteiger partial charge in [-0.3, -0.25) is 4.79 Å². The fourth-order valence-corrected chi connectivity index (χ4v) is 2.47. The molecule has 0 aliphatic carbocycles. The smallest absolute Gasteiger partial charge is 0.287 e. The number of para-hydroxylation sites is 2. The van der Waals surface area contributed by atoms with E-state index < -0.39 is 0 Å². The molecule has 2 heterocycles. The number of hydrogen-bond donors (Lipinski definition) is 2. The molecule has 2 N–H and O–H groups in total. The van der Waals surface area contributed by atoms with Gasteiger partial charge in [0.15, 0.2) is 5.82 Å². The number of nitrogens with one attached hydrogen (secondary N) is 2. The fraction of sp³-hybridized carbons (Fsp3) is 0.429. The van der Waals surface area contributed by atoms with Crippen molar-refractivity contribution in [2.45, 2.75) is 18.9 Å². The molecule has 0 spiro atoms. The van der Waals surface area contributed by atoms with Gasteiger partial charge in [-0.2, -0.15) is 0 Å². The maximum absolute atomic E-state index is 12.1. The van der Waals surface area contributed by atoms with Crippen molar-refractivity contribution in [3.8, 4) is 0 Å². The summed E-state index contributed by atoms with van der Waals surface area (Å²) in [6.07, 6.45) is 2.00. The molecule has 1 aromatic heterocycles. The van der Waals surface area contributed by atoms with Crippen molar-refractivity contribution < 1.29 is 4.79 Å². The molecule has 1 saturated heterocycles. The molecular formula is C14H18N4O. The number of amides is 1. The predicted molar refractivity (Wildman–Crippen MR) is 74.1 cm³/mol. The maximum Gasteiger partial charge on any atom is 0.287 e. The van der Waals surface area contributed by atoms with Crippen LogP contribution in [0.5, 0.6) is 0 Å².